The molecule has 0 aromatic heterocycles. The van der Waals surface area contributed by atoms with Gasteiger partial charge in [-0.1, -0.05) is 13.8 Å². The second-order valence-corrected chi connectivity index (χ2v) is 7.87. The van der Waals surface area contributed by atoms with Gasteiger partial charge in [-0.2, -0.15) is 0 Å². The molecule has 0 aliphatic carbocycles. The molecule has 1 rings (SSSR count). The molecule has 0 aliphatic rings. The molecule has 0 fully saturated rings. The molecule has 1 atom stereocenters. The number of halogens is 1. The van der Waals surface area contributed by atoms with Gasteiger partial charge < -0.3 is 0 Å². The summed E-state index contributed by atoms with van der Waals surface area (Å²) in [4.78, 5) is 1.50. The van der Waals surface area contributed by atoms with Gasteiger partial charge >= 0.3 is 0 Å². The maximum Gasteiger partial charge on any atom is 0.178 e. The molecule has 18 heavy (non-hydrogen) atoms. The van der Waals surface area contributed by atoms with Crippen molar-refractivity contribution in [1.29, 1.82) is 0 Å². The minimum atomic E-state index is -3.09. The Morgan fingerprint density at radius 2 is 1.89 bits per heavy atom. The van der Waals surface area contributed by atoms with Crippen molar-refractivity contribution in [1.82, 2.24) is 0 Å². The highest BCUT2D eigenvalue weighted by Gasteiger charge is 2.12. The van der Waals surface area contributed by atoms with Gasteiger partial charge in [0.1, 0.15) is 0 Å². The highest BCUT2D eigenvalue weighted by molar-refractivity contribution is 7.99. The Kier molecular flexibility index (Phi) is 6.53. The van der Waals surface area contributed by atoms with Gasteiger partial charge in [0.15, 0.2) is 9.84 Å². The van der Waals surface area contributed by atoms with Crippen molar-refractivity contribution in [3.63, 3.8) is 0 Å². The van der Waals surface area contributed by atoms with E-state index in [-0.39, 0.29) is 5.75 Å². The van der Waals surface area contributed by atoms with Gasteiger partial charge in [-0.05, 0) is 36.6 Å². The molecule has 0 saturated heterocycles. The fourth-order valence-corrected chi connectivity index (χ4v) is 3.90. The molecule has 0 spiro atoms. The lowest BCUT2D eigenvalue weighted by molar-refractivity contribution is 0.594. The first kappa shape index (κ1) is 15.9. The molecule has 0 saturated carbocycles. The zero-order valence-electron chi connectivity index (χ0n) is 10.7. The van der Waals surface area contributed by atoms with E-state index in [1.54, 1.807) is 23.9 Å². The van der Waals surface area contributed by atoms with Crippen LogP contribution in [-0.2, 0) is 9.84 Å². The summed E-state index contributed by atoms with van der Waals surface area (Å²) in [6.45, 7) is 3.97. The van der Waals surface area contributed by atoms with Crippen molar-refractivity contribution in [2.75, 3.05) is 17.4 Å². The first-order valence-electron chi connectivity index (χ1n) is 6.01. The van der Waals surface area contributed by atoms with Gasteiger partial charge in [0.2, 0.25) is 0 Å². The molecular formula is C13H19ClO2S2. The maximum atomic E-state index is 11.8. The van der Waals surface area contributed by atoms with E-state index in [0.29, 0.717) is 23.1 Å². The van der Waals surface area contributed by atoms with Crippen LogP contribution in [0, 0.1) is 5.92 Å². The third-order valence-electron chi connectivity index (χ3n) is 2.45. The Bertz CT molecular complexity index is 454. The fraction of sp³-hybridized carbons (Fsp3) is 0.538. The Hall–Kier alpha value is -0.190. The standard InChI is InChI=1S/C13H19ClO2S2/c1-3-8-18(15,16)13-6-4-12(5-7-13)17-10-11(2)9-14/h4-7,11H,3,8-10H2,1-2H3. The molecule has 0 heterocycles. The van der Waals surface area contributed by atoms with Gasteiger partial charge in [-0.3, -0.25) is 0 Å². The van der Waals surface area contributed by atoms with Gasteiger partial charge in [-0.25, -0.2) is 8.42 Å². The summed E-state index contributed by atoms with van der Waals surface area (Å²) in [5.41, 5.74) is 0. The normalized spacial score (nSPS) is 13.5. The van der Waals surface area contributed by atoms with Crippen LogP contribution in [0.25, 0.3) is 0 Å². The van der Waals surface area contributed by atoms with Gasteiger partial charge in [0.05, 0.1) is 10.6 Å². The molecule has 2 nitrogen and oxygen atoms in total. The quantitative estimate of drug-likeness (QED) is 0.567. The van der Waals surface area contributed by atoms with Crippen LogP contribution in [0.5, 0.6) is 0 Å². The van der Waals surface area contributed by atoms with Crippen LogP contribution < -0.4 is 0 Å². The summed E-state index contributed by atoms with van der Waals surface area (Å²) in [5.74, 6) is 2.27. The smallest absolute Gasteiger partial charge is 0.178 e. The van der Waals surface area contributed by atoms with Gasteiger partial charge in [-0.15, -0.1) is 23.4 Å². The Labute approximate surface area is 119 Å². The molecule has 1 unspecified atom stereocenters. The molecule has 0 bridgehead atoms. The van der Waals surface area contributed by atoms with Gasteiger partial charge in [0.25, 0.3) is 0 Å². The van der Waals surface area contributed by atoms with E-state index in [1.807, 2.05) is 19.1 Å². The average molecular weight is 307 g/mol. The molecule has 102 valence electrons. The largest absolute Gasteiger partial charge is 0.224 e. The Morgan fingerprint density at radius 3 is 2.39 bits per heavy atom. The number of benzene rings is 1. The first-order chi connectivity index (χ1) is 8.49. The van der Waals surface area contributed by atoms with Crippen LogP contribution in [0.1, 0.15) is 20.3 Å². The van der Waals surface area contributed by atoms with Crippen molar-refractivity contribution in [3.05, 3.63) is 24.3 Å². The third-order valence-corrected chi connectivity index (χ3v) is 6.26. The van der Waals surface area contributed by atoms with Gasteiger partial charge in [0, 0.05) is 16.5 Å². The SMILES string of the molecule is CCCS(=O)(=O)c1ccc(SCC(C)CCl)cc1. The average Bonchev–Trinajstić information content (AvgIpc) is 2.36. The zero-order chi connectivity index (χ0) is 13.6. The zero-order valence-corrected chi connectivity index (χ0v) is 13.1. The van der Waals surface area contributed by atoms with E-state index in [4.69, 9.17) is 11.6 Å². The summed E-state index contributed by atoms with van der Waals surface area (Å²) >= 11 is 7.45. The highest BCUT2D eigenvalue weighted by Crippen LogP contribution is 2.23. The molecule has 0 radical (unpaired) electrons. The van der Waals surface area contributed by atoms with Crippen LogP contribution in [0.4, 0.5) is 0 Å². The lowest BCUT2D eigenvalue weighted by atomic mass is 10.3. The maximum absolute atomic E-state index is 11.8. The van der Waals surface area contributed by atoms with E-state index in [9.17, 15) is 8.42 Å². The van der Waals surface area contributed by atoms with Crippen molar-refractivity contribution in [2.45, 2.75) is 30.1 Å². The lowest BCUT2D eigenvalue weighted by Gasteiger charge is -2.07. The molecule has 1 aromatic rings. The molecule has 0 amide bonds. The monoisotopic (exact) mass is 306 g/mol. The summed E-state index contributed by atoms with van der Waals surface area (Å²) in [7, 11) is -3.09. The van der Waals surface area contributed by atoms with Crippen molar-refractivity contribution in [2.24, 2.45) is 5.92 Å². The summed E-state index contributed by atoms with van der Waals surface area (Å²) in [5, 5.41) is 0. The topological polar surface area (TPSA) is 34.1 Å². The summed E-state index contributed by atoms with van der Waals surface area (Å²) < 4.78 is 23.7. The number of sulfone groups is 1. The van der Waals surface area contributed by atoms with E-state index < -0.39 is 9.84 Å². The minimum Gasteiger partial charge on any atom is -0.224 e. The van der Waals surface area contributed by atoms with Crippen LogP contribution in [0.15, 0.2) is 34.1 Å². The van der Waals surface area contributed by atoms with Crippen molar-refractivity contribution in [3.8, 4) is 0 Å². The predicted molar refractivity (Wildman–Crippen MR) is 79.4 cm³/mol. The number of thioether (sulfide) groups is 1. The molecule has 5 heteroatoms. The Balaban J connectivity index is 2.68. The predicted octanol–water partition coefficient (Wildman–Crippen LogP) is 3.84. The van der Waals surface area contributed by atoms with E-state index in [2.05, 4.69) is 6.92 Å². The van der Waals surface area contributed by atoms with E-state index in [0.717, 1.165) is 10.6 Å². The van der Waals surface area contributed by atoms with Crippen LogP contribution in [-0.4, -0.2) is 25.8 Å². The number of rotatable bonds is 7. The van der Waals surface area contributed by atoms with Crippen molar-refractivity contribution < 1.29 is 8.42 Å². The van der Waals surface area contributed by atoms with E-state index >= 15 is 0 Å². The molecule has 0 aliphatic heterocycles. The van der Waals surface area contributed by atoms with Crippen LogP contribution >= 0.6 is 23.4 Å². The lowest BCUT2D eigenvalue weighted by Crippen LogP contribution is -2.05. The summed E-state index contributed by atoms with van der Waals surface area (Å²) in [6.07, 6.45) is 0.645. The van der Waals surface area contributed by atoms with Crippen LogP contribution in [0.2, 0.25) is 0 Å². The molecule has 0 N–H and O–H groups in total. The highest BCUT2D eigenvalue weighted by atomic mass is 35.5. The second-order valence-electron chi connectivity index (χ2n) is 4.36. The minimum absolute atomic E-state index is 0.211. The third kappa shape index (κ3) is 4.82. The fourth-order valence-electron chi connectivity index (χ4n) is 1.41. The van der Waals surface area contributed by atoms with Crippen LogP contribution in [0.3, 0.4) is 0 Å². The number of hydrogen-bond donors (Lipinski definition) is 0. The first-order valence-corrected chi connectivity index (χ1v) is 9.18. The Morgan fingerprint density at radius 1 is 1.28 bits per heavy atom. The second kappa shape index (κ2) is 7.41. The summed E-state index contributed by atoms with van der Waals surface area (Å²) in [6, 6.07) is 7.12. The number of hydrogen-bond acceptors (Lipinski definition) is 3. The van der Waals surface area contributed by atoms with Crippen molar-refractivity contribution >= 4 is 33.2 Å². The molecule has 1 aromatic carbocycles. The molecular weight excluding hydrogens is 288 g/mol. The van der Waals surface area contributed by atoms with E-state index in [1.165, 1.54) is 0 Å². The number of alkyl halides is 1.